The second-order valence-electron chi connectivity index (χ2n) is 3.38. The zero-order valence-electron chi connectivity index (χ0n) is 9.83. The molecule has 94 valence electrons. The van der Waals surface area contributed by atoms with Crippen LogP contribution in [0.1, 0.15) is 24.2 Å². The lowest BCUT2D eigenvalue weighted by Gasteiger charge is -2.19. The van der Waals surface area contributed by atoms with Crippen LogP contribution in [0.25, 0.3) is 0 Å². The van der Waals surface area contributed by atoms with Crippen molar-refractivity contribution in [1.82, 2.24) is 10.2 Å². The number of nitrogens with one attached hydrogen (secondary N) is 1. The van der Waals surface area contributed by atoms with E-state index in [-0.39, 0.29) is 18.4 Å². The van der Waals surface area contributed by atoms with Gasteiger partial charge in [-0.05, 0) is 35.8 Å². The van der Waals surface area contributed by atoms with Gasteiger partial charge in [-0.15, -0.1) is 0 Å². The Hall–Kier alpha value is -1.30. The highest BCUT2D eigenvalue weighted by molar-refractivity contribution is 9.10. The summed E-state index contributed by atoms with van der Waals surface area (Å²) in [5.74, 6) is -0.387. The van der Waals surface area contributed by atoms with Crippen molar-refractivity contribution >= 4 is 27.7 Å². The maximum atomic E-state index is 12.1. The van der Waals surface area contributed by atoms with Crippen LogP contribution in [0.3, 0.4) is 0 Å². The highest BCUT2D eigenvalue weighted by Gasteiger charge is 2.20. The van der Waals surface area contributed by atoms with Gasteiger partial charge in [0.05, 0.1) is 18.4 Å². The van der Waals surface area contributed by atoms with Crippen LogP contribution in [0.2, 0.25) is 0 Å². The molecule has 0 atom stereocenters. The first-order valence-corrected chi connectivity index (χ1v) is 6.18. The van der Waals surface area contributed by atoms with Crippen molar-refractivity contribution in [3.8, 4) is 0 Å². The normalized spacial score (nSPS) is 10.1. The number of nitrogens with zero attached hydrogens (tertiary/aromatic N) is 1. The molecular formula is C11H15BrN2O3. The van der Waals surface area contributed by atoms with Crippen LogP contribution in [0, 0.1) is 0 Å². The van der Waals surface area contributed by atoms with E-state index < -0.39 is 0 Å². The van der Waals surface area contributed by atoms with E-state index in [0.717, 1.165) is 0 Å². The molecule has 6 heteroatoms. The van der Waals surface area contributed by atoms with E-state index in [1.54, 1.807) is 6.07 Å². The Bertz CT molecular complexity index is 403. The molecule has 2 amide bonds. The predicted molar refractivity (Wildman–Crippen MR) is 66.7 cm³/mol. The van der Waals surface area contributed by atoms with Crippen molar-refractivity contribution in [2.24, 2.45) is 0 Å². The van der Waals surface area contributed by atoms with Gasteiger partial charge < -0.3 is 14.6 Å². The lowest BCUT2D eigenvalue weighted by atomic mass is 10.3. The second kappa shape index (κ2) is 6.44. The minimum absolute atomic E-state index is 0.0563. The highest BCUT2D eigenvalue weighted by Crippen LogP contribution is 2.19. The summed E-state index contributed by atoms with van der Waals surface area (Å²) in [6.45, 7) is 4.74. The minimum Gasteiger partial charge on any atom is -0.457 e. The van der Waals surface area contributed by atoms with Crippen LogP contribution in [0.4, 0.5) is 0 Å². The van der Waals surface area contributed by atoms with E-state index in [9.17, 15) is 9.59 Å². The first-order valence-electron chi connectivity index (χ1n) is 5.39. The topological polar surface area (TPSA) is 62.6 Å². The van der Waals surface area contributed by atoms with Gasteiger partial charge in [-0.2, -0.15) is 0 Å². The first kappa shape index (κ1) is 13.8. The summed E-state index contributed by atoms with van der Waals surface area (Å²) >= 11 is 3.15. The fourth-order valence-corrected chi connectivity index (χ4v) is 1.78. The number of likely N-dealkylation sites (N-methyl/N-ethyl adjacent to an activating group) is 2. The van der Waals surface area contributed by atoms with Crippen molar-refractivity contribution in [1.29, 1.82) is 0 Å². The summed E-state index contributed by atoms with van der Waals surface area (Å²) in [6, 6.07) is 1.58. The molecule has 0 aliphatic carbocycles. The largest absolute Gasteiger partial charge is 0.457 e. The fraction of sp³-hybridized carbons (Fsp3) is 0.455. The Morgan fingerprint density at radius 2 is 2.18 bits per heavy atom. The molecule has 1 heterocycles. The van der Waals surface area contributed by atoms with Gasteiger partial charge in [0.1, 0.15) is 0 Å². The number of carbonyl (C=O) groups excluding carboxylic acids is 2. The summed E-state index contributed by atoms with van der Waals surface area (Å²) in [5, 5.41) is 2.66. The third-order valence-electron chi connectivity index (χ3n) is 2.23. The Kier molecular flexibility index (Phi) is 5.21. The molecule has 1 aromatic rings. The number of rotatable bonds is 5. The van der Waals surface area contributed by atoms with Crippen LogP contribution >= 0.6 is 15.9 Å². The summed E-state index contributed by atoms with van der Waals surface area (Å²) in [4.78, 5) is 24.9. The molecule has 1 aromatic heterocycles. The Morgan fingerprint density at radius 3 is 2.65 bits per heavy atom. The molecule has 0 saturated heterocycles. The zero-order valence-corrected chi connectivity index (χ0v) is 11.4. The van der Waals surface area contributed by atoms with Crippen LogP contribution < -0.4 is 5.32 Å². The second-order valence-corrected chi connectivity index (χ2v) is 4.10. The van der Waals surface area contributed by atoms with Gasteiger partial charge in [0.2, 0.25) is 5.91 Å². The summed E-state index contributed by atoms with van der Waals surface area (Å²) in [7, 11) is 0. The fourth-order valence-electron chi connectivity index (χ4n) is 1.37. The van der Waals surface area contributed by atoms with E-state index in [2.05, 4.69) is 21.2 Å². The lowest BCUT2D eigenvalue weighted by molar-refractivity contribution is -0.121. The zero-order chi connectivity index (χ0) is 12.8. The SMILES string of the molecule is CCNC(=O)CN(CC)C(=O)c1ccoc1Br. The monoisotopic (exact) mass is 302 g/mol. The molecule has 0 unspecified atom stereocenters. The number of hydrogen-bond acceptors (Lipinski definition) is 3. The number of hydrogen-bond donors (Lipinski definition) is 1. The Morgan fingerprint density at radius 1 is 1.47 bits per heavy atom. The average molecular weight is 303 g/mol. The van der Waals surface area contributed by atoms with Gasteiger partial charge in [-0.3, -0.25) is 9.59 Å². The number of carbonyl (C=O) groups is 2. The van der Waals surface area contributed by atoms with Crippen LogP contribution in [0.5, 0.6) is 0 Å². The standard InChI is InChI=1S/C11H15BrN2O3/c1-3-13-9(15)7-14(4-2)11(16)8-5-6-17-10(8)12/h5-6H,3-4,7H2,1-2H3,(H,13,15). The van der Waals surface area contributed by atoms with E-state index in [1.807, 2.05) is 13.8 Å². The van der Waals surface area contributed by atoms with Gasteiger partial charge in [0, 0.05) is 13.1 Å². The molecule has 0 aliphatic rings. The molecule has 0 saturated carbocycles. The van der Waals surface area contributed by atoms with Crippen molar-refractivity contribution in [2.75, 3.05) is 19.6 Å². The van der Waals surface area contributed by atoms with Crippen molar-refractivity contribution in [3.05, 3.63) is 22.6 Å². The van der Waals surface area contributed by atoms with Crippen LogP contribution in [-0.4, -0.2) is 36.3 Å². The molecular weight excluding hydrogens is 288 g/mol. The maximum absolute atomic E-state index is 12.1. The summed E-state index contributed by atoms with van der Waals surface area (Å²) < 4.78 is 5.39. The molecule has 0 fully saturated rings. The Balaban J connectivity index is 2.71. The molecule has 1 rings (SSSR count). The van der Waals surface area contributed by atoms with Gasteiger partial charge >= 0.3 is 0 Å². The molecule has 0 aliphatic heterocycles. The Labute approximate surface area is 108 Å². The van der Waals surface area contributed by atoms with Crippen molar-refractivity contribution in [2.45, 2.75) is 13.8 Å². The van der Waals surface area contributed by atoms with Crippen LogP contribution in [0.15, 0.2) is 21.4 Å². The quantitative estimate of drug-likeness (QED) is 0.899. The van der Waals surface area contributed by atoms with E-state index in [4.69, 9.17) is 4.42 Å². The predicted octanol–water partition coefficient (Wildman–Crippen LogP) is 1.64. The third kappa shape index (κ3) is 3.59. The van der Waals surface area contributed by atoms with E-state index in [0.29, 0.717) is 23.3 Å². The summed E-state index contributed by atoms with van der Waals surface area (Å²) in [6.07, 6.45) is 1.43. The first-order chi connectivity index (χ1) is 8.10. The molecule has 1 N–H and O–H groups in total. The van der Waals surface area contributed by atoms with Gasteiger partial charge in [0.25, 0.3) is 5.91 Å². The lowest BCUT2D eigenvalue weighted by Crippen LogP contribution is -2.40. The van der Waals surface area contributed by atoms with Gasteiger partial charge in [-0.25, -0.2) is 0 Å². The van der Waals surface area contributed by atoms with Gasteiger partial charge in [-0.1, -0.05) is 0 Å². The molecule has 0 radical (unpaired) electrons. The number of amides is 2. The molecule has 17 heavy (non-hydrogen) atoms. The molecule has 0 bridgehead atoms. The van der Waals surface area contributed by atoms with E-state index in [1.165, 1.54) is 11.2 Å². The van der Waals surface area contributed by atoms with E-state index >= 15 is 0 Å². The molecule has 0 spiro atoms. The highest BCUT2D eigenvalue weighted by atomic mass is 79.9. The smallest absolute Gasteiger partial charge is 0.258 e. The summed E-state index contributed by atoms with van der Waals surface area (Å²) in [5.41, 5.74) is 0.427. The number of furan rings is 1. The molecule has 0 aromatic carbocycles. The van der Waals surface area contributed by atoms with Crippen molar-refractivity contribution < 1.29 is 14.0 Å². The van der Waals surface area contributed by atoms with Crippen LogP contribution in [-0.2, 0) is 4.79 Å². The molecule has 5 nitrogen and oxygen atoms in total. The number of halogens is 1. The van der Waals surface area contributed by atoms with Crippen molar-refractivity contribution in [3.63, 3.8) is 0 Å². The third-order valence-corrected chi connectivity index (χ3v) is 2.84. The van der Waals surface area contributed by atoms with Gasteiger partial charge in [0.15, 0.2) is 4.67 Å². The minimum atomic E-state index is -0.223. The average Bonchev–Trinajstić information content (AvgIpc) is 2.72. The maximum Gasteiger partial charge on any atom is 0.258 e.